The first kappa shape index (κ1) is 19.4. The van der Waals surface area contributed by atoms with Crippen LogP contribution in [0, 0.1) is 6.92 Å². The van der Waals surface area contributed by atoms with Gasteiger partial charge in [0.1, 0.15) is 5.75 Å². The summed E-state index contributed by atoms with van der Waals surface area (Å²) in [5, 5.41) is 8.46. The van der Waals surface area contributed by atoms with Gasteiger partial charge >= 0.3 is 0 Å². The van der Waals surface area contributed by atoms with E-state index in [1.165, 1.54) is 0 Å². The highest BCUT2D eigenvalue weighted by atomic mass is 16.5. The Morgan fingerprint density at radius 2 is 1.86 bits per heavy atom. The summed E-state index contributed by atoms with van der Waals surface area (Å²) in [6.07, 6.45) is 1.79. The fourth-order valence-electron chi connectivity index (χ4n) is 3.62. The summed E-state index contributed by atoms with van der Waals surface area (Å²) >= 11 is 0. The Kier molecular flexibility index (Phi) is 6.09. The molecule has 29 heavy (non-hydrogen) atoms. The molecule has 1 aromatic carbocycles. The van der Waals surface area contributed by atoms with Crippen LogP contribution in [0.2, 0.25) is 0 Å². The van der Waals surface area contributed by atoms with Gasteiger partial charge in [-0.25, -0.2) is 0 Å². The fraction of sp³-hybridized carbons (Fsp3) is 0.476. The molecular weight excluding hydrogens is 370 g/mol. The number of carbonyl (C=O) groups is 1. The van der Waals surface area contributed by atoms with Crippen LogP contribution in [0.1, 0.15) is 5.56 Å². The second-order valence-electron chi connectivity index (χ2n) is 7.34. The van der Waals surface area contributed by atoms with E-state index < -0.39 is 0 Å². The number of morpholine rings is 1. The maximum absolute atomic E-state index is 12.5. The summed E-state index contributed by atoms with van der Waals surface area (Å²) in [6.45, 7) is 8.07. The molecule has 0 unspecified atom stereocenters. The van der Waals surface area contributed by atoms with Gasteiger partial charge in [0.2, 0.25) is 0 Å². The van der Waals surface area contributed by atoms with E-state index in [2.05, 4.69) is 26.1 Å². The van der Waals surface area contributed by atoms with Gasteiger partial charge in [-0.2, -0.15) is 5.10 Å². The van der Waals surface area contributed by atoms with Crippen molar-refractivity contribution in [1.29, 1.82) is 0 Å². The lowest BCUT2D eigenvalue weighted by Crippen LogP contribution is -2.50. The van der Waals surface area contributed by atoms with Crippen molar-refractivity contribution in [3.05, 3.63) is 42.1 Å². The third kappa shape index (κ3) is 4.95. The van der Waals surface area contributed by atoms with Crippen molar-refractivity contribution in [3.8, 4) is 5.75 Å². The van der Waals surface area contributed by atoms with Gasteiger partial charge in [-0.05, 0) is 24.6 Å². The van der Waals surface area contributed by atoms with Crippen molar-refractivity contribution in [2.45, 2.75) is 6.92 Å². The first-order valence-corrected chi connectivity index (χ1v) is 10.1. The molecule has 2 aliphatic rings. The minimum Gasteiger partial charge on any atom is -0.484 e. The molecule has 0 spiro atoms. The average Bonchev–Trinajstić information content (AvgIpc) is 2.78. The zero-order valence-electron chi connectivity index (χ0n) is 16.8. The van der Waals surface area contributed by atoms with Gasteiger partial charge in [0.05, 0.1) is 25.1 Å². The number of hydrogen-bond acceptors (Lipinski definition) is 7. The van der Waals surface area contributed by atoms with E-state index in [9.17, 15) is 4.79 Å². The number of amides is 1. The molecule has 0 atom stereocenters. The second-order valence-corrected chi connectivity index (χ2v) is 7.34. The summed E-state index contributed by atoms with van der Waals surface area (Å²) in [5.41, 5.74) is 2.16. The van der Waals surface area contributed by atoms with E-state index in [1.807, 2.05) is 36.1 Å². The molecule has 0 bridgehead atoms. The van der Waals surface area contributed by atoms with E-state index in [0.29, 0.717) is 13.1 Å². The molecule has 2 aromatic rings. The summed E-state index contributed by atoms with van der Waals surface area (Å²) in [7, 11) is 0. The number of aryl methyl sites for hydroxylation is 1. The lowest BCUT2D eigenvalue weighted by atomic mass is 10.2. The monoisotopic (exact) mass is 397 g/mol. The number of benzene rings is 1. The van der Waals surface area contributed by atoms with Crippen molar-refractivity contribution in [3.63, 3.8) is 0 Å². The Labute approximate surface area is 171 Å². The molecule has 2 fully saturated rings. The molecule has 3 heterocycles. The summed E-state index contributed by atoms with van der Waals surface area (Å²) in [6, 6.07) is 9.83. The highest BCUT2D eigenvalue weighted by molar-refractivity contribution is 5.78. The molecule has 0 saturated carbocycles. The largest absolute Gasteiger partial charge is 0.484 e. The topological polar surface area (TPSA) is 71.0 Å². The minimum atomic E-state index is 0.0213. The quantitative estimate of drug-likeness (QED) is 0.754. The zero-order valence-corrected chi connectivity index (χ0v) is 16.8. The Bertz CT molecular complexity index is 833. The number of rotatable bonds is 5. The van der Waals surface area contributed by atoms with Crippen LogP contribution in [0.3, 0.4) is 0 Å². The number of hydrogen-bond donors (Lipinski definition) is 0. The Morgan fingerprint density at radius 1 is 1.07 bits per heavy atom. The maximum Gasteiger partial charge on any atom is 0.260 e. The molecule has 8 nitrogen and oxygen atoms in total. The molecule has 1 amide bonds. The molecule has 0 aliphatic carbocycles. The van der Waals surface area contributed by atoms with Gasteiger partial charge in [-0.3, -0.25) is 4.79 Å². The van der Waals surface area contributed by atoms with Crippen LogP contribution in [0.25, 0.3) is 0 Å². The fourth-order valence-corrected chi connectivity index (χ4v) is 3.62. The lowest BCUT2D eigenvalue weighted by molar-refractivity contribution is -0.133. The summed E-state index contributed by atoms with van der Waals surface area (Å²) in [5.74, 6) is 1.64. The average molecular weight is 397 g/mol. The van der Waals surface area contributed by atoms with Crippen LogP contribution in [-0.2, 0) is 9.53 Å². The SMILES string of the molecule is Cc1cccc(OCC(=O)N2CCN(c3cnnc(N4CCOCC4)c3)CC2)c1. The van der Waals surface area contributed by atoms with Gasteiger partial charge in [-0.1, -0.05) is 12.1 Å². The van der Waals surface area contributed by atoms with E-state index in [0.717, 1.165) is 62.2 Å². The highest BCUT2D eigenvalue weighted by Crippen LogP contribution is 2.21. The predicted molar refractivity (Wildman–Crippen MR) is 111 cm³/mol. The third-order valence-corrected chi connectivity index (χ3v) is 5.31. The predicted octanol–water partition coefficient (Wildman–Crippen LogP) is 1.35. The normalized spacial score (nSPS) is 17.3. The Morgan fingerprint density at radius 3 is 2.62 bits per heavy atom. The summed E-state index contributed by atoms with van der Waals surface area (Å²) < 4.78 is 11.1. The first-order chi connectivity index (χ1) is 14.2. The molecule has 154 valence electrons. The van der Waals surface area contributed by atoms with E-state index in [4.69, 9.17) is 9.47 Å². The third-order valence-electron chi connectivity index (χ3n) is 5.31. The van der Waals surface area contributed by atoms with Gasteiger partial charge < -0.3 is 24.2 Å². The molecule has 2 saturated heterocycles. The lowest BCUT2D eigenvalue weighted by Gasteiger charge is -2.36. The second kappa shape index (κ2) is 9.09. The highest BCUT2D eigenvalue weighted by Gasteiger charge is 2.23. The van der Waals surface area contributed by atoms with Crippen molar-refractivity contribution < 1.29 is 14.3 Å². The maximum atomic E-state index is 12.5. The molecule has 0 radical (unpaired) electrons. The van der Waals surface area contributed by atoms with E-state index >= 15 is 0 Å². The van der Waals surface area contributed by atoms with Gasteiger partial charge in [0.25, 0.3) is 5.91 Å². The number of anilines is 2. The van der Waals surface area contributed by atoms with E-state index in [1.54, 1.807) is 6.20 Å². The molecule has 8 heteroatoms. The van der Waals surface area contributed by atoms with Gasteiger partial charge in [0.15, 0.2) is 12.4 Å². The molecular formula is C21H27N5O3. The number of nitrogens with zero attached hydrogens (tertiary/aromatic N) is 5. The van der Waals surface area contributed by atoms with Gasteiger partial charge in [-0.15, -0.1) is 5.10 Å². The number of piperazine rings is 1. The Balaban J connectivity index is 1.29. The van der Waals surface area contributed by atoms with Crippen LogP contribution >= 0.6 is 0 Å². The number of carbonyl (C=O) groups excluding carboxylic acids is 1. The van der Waals surface area contributed by atoms with E-state index in [-0.39, 0.29) is 12.5 Å². The standard InChI is InChI=1S/C21H27N5O3/c1-17-3-2-4-19(13-17)29-16-21(27)26-7-5-24(6-8-26)18-14-20(23-22-15-18)25-9-11-28-12-10-25/h2-4,13-15H,5-12,16H2,1H3. The molecule has 0 N–H and O–H groups in total. The van der Waals surface area contributed by atoms with Crippen LogP contribution in [0.5, 0.6) is 5.75 Å². The smallest absolute Gasteiger partial charge is 0.260 e. The minimum absolute atomic E-state index is 0.0213. The van der Waals surface area contributed by atoms with Crippen molar-refractivity contribution in [2.75, 3.05) is 68.9 Å². The van der Waals surface area contributed by atoms with Crippen LogP contribution in [-0.4, -0.2) is 80.1 Å². The van der Waals surface area contributed by atoms with Crippen molar-refractivity contribution in [2.24, 2.45) is 0 Å². The number of aromatic nitrogens is 2. The molecule has 1 aromatic heterocycles. The van der Waals surface area contributed by atoms with Crippen LogP contribution in [0.4, 0.5) is 11.5 Å². The summed E-state index contributed by atoms with van der Waals surface area (Å²) in [4.78, 5) is 18.8. The zero-order chi connectivity index (χ0) is 20.1. The van der Waals surface area contributed by atoms with Gasteiger partial charge in [0, 0.05) is 45.3 Å². The molecule has 2 aliphatic heterocycles. The van der Waals surface area contributed by atoms with Crippen LogP contribution < -0.4 is 14.5 Å². The number of ether oxygens (including phenoxy) is 2. The molecule has 4 rings (SSSR count). The van der Waals surface area contributed by atoms with Crippen molar-refractivity contribution in [1.82, 2.24) is 15.1 Å². The van der Waals surface area contributed by atoms with Crippen LogP contribution in [0.15, 0.2) is 36.5 Å². The van der Waals surface area contributed by atoms with Crippen molar-refractivity contribution >= 4 is 17.4 Å². The Hall–Kier alpha value is -2.87. The first-order valence-electron chi connectivity index (χ1n) is 10.1.